The Morgan fingerprint density at radius 2 is 1.75 bits per heavy atom. The standard InChI is InChI=1S/C17H23NOS/c1-12-5-6-14(3)17(15(12)4)19-9-8-18-11-16-13(2)7-10-20-16/h5-7,10,18H,8-9,11H2,1-4H3. The van der Waals surface area contributed by atoms with Crippen LogP contribution in [0.3, 0.4) is 0 Å². The summed E-state index contributed by atoms with van der Waals surface area (Å²) >= 11 is 1.81. The van der Waals surface area contributed by atoms with E-state index in [1.54, 1.807) is 0 Å². The van der Waals surface area contributed by atoms with E-state index in [9.17, 15) is 0 Å². The van der Waals surface area contributed by atoms with Gasteiger partial charge in [-0.25, -0.2) is 0 Å². The van der Waals surface area contributed by atoms with Gasteiger partial charge in [-0.1, -0.05) is 12.1 Å². The average Bonchev–Trinajstić information content (AvgIpc) is 2.83. The zero-order chi connectivity index (χ0) is 14.5. The minimum absolute atomic E-state index is 0.704. The van der Waals surface area contributed by atoms with E-state index in [1.807, 2.05) is 11.3 Å². The van der Waals surface area contributed by atoms with Crippen molar-refractivity contribution in [1.82, 2.24) is 5.32 Å². The molecule has 0 spiro atoms. The molecular formula is C17H23NOS. The maximum absolute atomic E-state index is 5.94. The maximum Gasteiger partial charge on any atom is 0.125 e. The Kier molecular flexibility index (Phi) is 5.21. The summed E-state index contributed by atoms with van der Waals surface area (Å²) in [6, 6.07) is 6.44. The first-order valence-electron chi connectivity index (χ1n) is 7.03. The van der Waals surface area contributed by atoms with Crippen molar-refractivity contribution in [1.29, 1.82) is 0 Å². The first-order valence-corrected chi connectivity index (χ1v) is 7.91. The molecule has 0 bridgehead atoms. The lowest BCUT2D eigenvalue weighted by molar-refractivity contribution is 0.309. The van der Waals surface area contributed by atoms with Gasteiger partial charge >= 0.3 is 0 Å². The summed E-state index contributed by atoms with van der Waals surface area (Å²) in [4.78, 5) is 1.41. The predicted molar refractivity (Wildman–Crippen MR) is 86.9 cm³/mol. The SMILES string of the molecule is Cc1ccsc1CNCCOc1c(C)ccc(C)c1C. The molecule has 0 saturated heterocycles. The smallest absolute Gasteiger partial charge is 0.125 e. The molecule has 1 aromatic carbocycles. The van der Waals surface area contributed by atoms with Crippen LogP contribution in [0.25, 0.3) is 0 Å². The summed E-state index contributed by atoms with van der Waals surface area (Å²) in [5, 5.41) is 5.58. The second-order valence-corrected chi connectivity index (χ2v) is 6.21. The zero-order valence-corrected chi connectivity index (χ0v) is 13.6. The van der Waals surface area contributed by atoms with Crippen molar-refractivity contribution in [3.05, 3.63) is 50.7 Å². The van der Waals surface area contributed by atoms with Gasteiger partial charge in [-0.2, -0.15) is 0 Å². The van der Waals surface area contributed by atoms with Gasteiger partial charge in [0.2, 0.25) is 0 Å². The van der Waals surface area contributed by atoms with Crippen molar-refractivity contribution >= 4 is 11.3 Å². The molecule has 0 atom stereocenters. The second kappa shape index (κ2) is 6.91. The van der Waals surface area contributed by atoms with Gasteiger partial charge in [0, 0.05) is 18.0 Å². The van der Waals surface area contributed by atoms with Gasteiger partial charge < -0.3 is 10.1 Å². The van der Waals surface area contributed by atoms with Gasteiger partial charge in [-0.3, -0.25) is 0 Å². The number of hydrogen-bond donors (Lipinski definition) is 1. The fourth-order valence-electron chi connectivity index (χ4n) is 2.16. The topological polar surface area (TPSA) is 21.3 Å². The quantitative estimate of drug-likeness (QED) is 0.807. The highest BCUT2D eigenvalue weighted by Crippen LogP contribution is 2.25. The van der Waals surface area contributed by atoms with E-state index in [0.29, 0.717) is 6.61 Å². The Hall–Kier alpha value is -1.32. The molecule has 3 heteroatoms. The predicted octanol–water partition coefficient (Wildman–Crippen LogP) is 4.15. The van der Waals surface area contributed by atoms with E-state index < -0.39 is 0 Å². The molecule has 1 N–H and O–H groups in total. The molecule has 2 nitrogen and oxygen atoms in total. The van der Waals surface area contributed by atoms with Gasteiger partial charge in [0.25, 0.3) is 0 Å². The van der Waals surface area contributed by atoms with Crippen molar-refractivity contribution in [2.24, 2.45) is 0 Å². The van der Waals surface area contributed by atoms with Crippen LogP contribution >= 0.6 is 11.3 Å². The summed E-state index contributed by atoms with van der Waals surface area (Å²) < 4.78 is 5.94. The van der Waals surface area contributed by atoms with E-state index in [4.69, 9.17) is 4.74 Å². The van der Waals surface area contributed by atoms with Crippen LogP contribution in [-0.4, -0.2) is 13.2 Å². The minimum atomic E-state index is 0.704. The van der Waals surface area contributed by atoms with Crippen LogP contribution in [0.5, 0.6) is 5.75 Å². The number of ether oxygens (including phenoxy) is 1. The van der Waals surface area contributed by atoms with Crippen molar-refractivity contribution in [2.45, 2.75) is 34.2 Å². The van der Waals surface area contributed by atoms with E-state index in [2.05, 4.69) is 56.6 Å². The molecule has 2 aromatic rings. The first kappa shape index (κ1) is 15.1. The highest BCUT2D eigenvalue weighted by atomic mass is 32.1. The number of aryl methyl sites for hydroxylation is 3. The number of hydrogen-bond acceptors (Lipinski definition) is 3. The van der Waals surface area contributed by atoms with Gasteiger partial charge in [0.15, 0.2) is 0 Å². The normalized spacial score (nSPS) is 10.8. The maximum atomic E-state index is 5.94. The third-order valence-corrected chi connectivity index (χ3v) is 4.68. The van der Waals surface area contributed by atoms with Crippen LogP contribution in [0, 0.1) is 27.7 Å². The largest absolute Gasteiger partial charge is 0.492 e. The molecule has 0 unspecified atom stereocenters. The summed E-state index contributed by atoms with van der Waals surface area (Å²) in [5.74, 6) is 1.04. The van der Waals surface area contributed by atoms with Gasteiger partial charge in [-0.05, 0) is 61.4 Å². The van der Waals surface area contributed by atoms with Gasteiger partial charge in [-0.15, -0.1) is 11.3 Å². The minimum Gasteiger partial charge on any atom is -0.492 e. The summed E-state index contributed by atoms with van der Waals surface area (Å²) in [6.45, 7) is 11.0. The Morgan fingerprint density at radius 3 is 2.45 bits per heavy atom. The van der Waals surface area contributed by atoms with Crippen molar-refractivity contribution in [3.63, 3.8) is 0 Å². The van der Waals surface area contributed by atoms with Crippen LogP contribution in [-0.2, 0) is 6.54 Å². The highest BCUT2D eigenvalue weighted by Gasteiger charge is 2.06. The van der Waals surface area contributed by atoms with E-state index in [-0.39, 0.29) is 0 Å². The van der Waals surface area contributed by atoms with E-state index >= 15 is 0 Å². The summed E-state index contributed by atoms with van der Waals surface area (Å²) in [5.41, 5.74) is 5.11. The summed E-state index contributed by atoms with van der Waals surface area (Å²) in [6.07, 6.45) is 0. The van der Waals surface area contributed by atoms with Crippen molar-refractivity contribution in [3.8, 4) is 5.75 Å². The van der Waals surface area contributed by atoms with E-state index in [1.165, 1.54) is 27.1 Å². The lowest BCUT2D eigenvalue weighted by Gasteiger charge is -2.14. The van der Waals surface area contributed by atoms with Gasteiger partial charge in [0.1, 0.15) is 12.4 Å². The Labute approximate surface area is 125 Å². The van der Waals surface area contributed by atoms with Crippen LogP contribution in [0.2, 0.25) is 0 Å². The molecule has 1 aromatic heterocycles. The van der Waals surface area contributed by atoms with E-state index in [0.717, 1.165) is 18.8 Å². The van der Waals surface area contributed by atoms with Crippen LogP contribution < -0.4 is 10.1 Å². The molecular weight excluding hydrogens is 266 g/mol. The van der Waals surface area contributed by atoms with Crippen molar-refractivity contribution < 1.29 is 4.74 Å². The zero-order valence-electron chi connectivity index (χ0n) is 12.7. The number of nitrogens with one attached hydrogen (secondary N) is 1. The fraction of sp³-hybridized carbons (Fsp3) is 0.412. The highest BCUT2D eigenvalue weighted by molar-refractivity contribution is 7.10. The number of thiophene rings is 1. The number of rotatable bonds is 6. The molecule has 0 aliphatic heterocycles. The molecule has 108 valence electrons. The first-order chi connectivity index (χ1) is 9.59. The molecule has 2 rings (SSSR count). The second-order valence-electron chi connectivity index (χ2n) is 5.21. The third-order valence-electron chi connectivity index (χ3n) is 3.65. The molecule has 20 heavy (non-hydrogen) atoms. The fourth-order valence-corrected chi connectivity index (χ4v) is 3.04. The number of benzene rings is 1. The third kappa shape index (κ3) is 3.62. The molecule has 0 fully saturated rings. The molecule has 0 amide bonds. The molecule has 0 aliphatic rings. The van der Waals surface area contributed by atoms with Crippen LogP contribution in [0.4, 0.5) is 0 Å². The molecule has 0 saturated carbocycles. The lowest BCUT2D eigenvalue weighted by atomic mass is 10.1. The Morgan fingerprint density at radius 1 is 1.00 bits per heavy atom. The lowest BCUT2D eigenvalue weighted by Crippen LogP contribution is -2.20. The van der Waals surface area contributed by atoms with Crippen LogP contribution in [0.1, 0.15) is 27.1 Å². The molecule has 0 aliphatic carbocycles. The summed E-state index contributed by atoms with van der Waals surface area (Å²) in [7, 11) is 0. The van der Waals surface area contributed by atoms with Crippen molar-refractivity contribution in [2.75, 3.05) is 13.2 Å². The Balaban J connectivity index is 1.79. The monoisotopic (exact) mass is 289 g/mol. The Bertz CT molecular complexity index is 574. The average molecular weight is 289 g/mol. The van der Waals surface area contributed by atoms with Crippen LogP contribution in [0.15, 0.2) is 23.6 Å². The molecule has 1 heterocycles. The molecule has 0 radical (unpaired) electrons. The van der Waals surface area contributed by atoms with Gasteiger partial charge in [0.05, 0.1) is 0 Å².